The Morgan fingerprint density at radius 2 is 1.41 bits per heavy atom. The second-order valence-corrected chi connectivity index (χ2v) is 21.2. The molecule has 5 heterocycles. The zero-order valence-corrected chi connectivity index (χ0v) is 37.0. The molecular formula is C45H72O18. The van der Waals surface area contributed by atoms with Crippen molar-refractivity contribution in [3.05, 3.63) is 11.6 Å². The number of hydrogen-bond donors (Lipinski definition) is 10. The average molecular weight is 901 g/mol. The van der Waals surface area contributed by atoms with Crippen LogP contribution in [-0.4, -0.2) is 187 Å². The molecule has 3 saturated carbocycles. The zero-order chi connectivity index (χ0) is 45.1. The van der Waals surface area contributed by atoms with E-state index in [2.05, 4.69) is 33.8 Å². The van der Waals surface area contributed by atoms with Crippen molar-refractivity contribution in [2.45, 2.75) is 202 Å². The Bertz CT molecular complexity index is 1650. The van der Waals surface area contributed by atoms with Gasteiger partial charge in [0.15, 0.2) is 24.7 Å². The number of fused-ring (bicyclic) bond motifs is 7. The second-order valence-electron chi connectivity index (χ2n) is 21.2. The molecule has 10 N–H and O–H groups in total. The summed E-state index contributed by atoms with van der Waals surface area (Å²) in [5.74, 6) is 1.14. The molecule has 0 aromatic heterocycles. The van der Waals surface area contributed by atoms with Crippen molar-refractivity contribution in [3.8, 4) is 0 Å². The molecule has 1 spiro atoms. The highest BCUT2D eigenvalue weighted by Crippen LogP contribution is 2.70. The molecule has 0 aromatic rings. The summed E-state index contributed by atoms with van der Waals surface area (Å²) >= 11 is 0. The van der Waals surface area contributed by atoms with Crippen LogP contribution in [0.4, 0.5) is 0 Å². The van der Waals surface area contributed by atoms with Crippen LogP contribution in [0.15, 0.2) is 11.6 Å². The van der Waals surface area contributed by atoms with Gasteiger partial charge in [-0.05, 0) is 98.7 Å². The molecule has 18 nitrogen and oxygen atoms in total. The van der Waals surface area contributed by atoms with Crippen molar-refractivity contribution in [2.75, 3.05) is 19.8 Å². The predicted molar refractivity (Wildman–Crippen MR) is 216 cm³/mol. The van der Waals surface area contributed by atoms with Crippen molar-refractivity contribution in [1.82, 2.24) is 0 Å². The van der Waals surface area contributed by atoms with Gasteiger partial charge in [-0.3, -0.25) is 0 Å². The molecule has 4 aliphatic carbocycles. The molecule has 5 saturated heterocycles. The fraction of sp³-hybridized carbons (Fsp3) is 0.956. The van der Waals surface area contributed by atoms with E-state index in [1.807, 2.05) is 0 Å². The summed E-state index contributed by atoms with van der Waals surface area (Å²) < 4.78 is 49.2. The molecule has 0 aromatic carbocycles. The monoisotopic (exact) mass is 900 g/mol. The summed E-state index contributed by atoms with van der Waals surface area (Å²) in [5.41, 5.74) is 1.28. The Hall–Kier alpha value is -0.980. The molecule has 27 atom stereocenters. The van der Waals surface area contributed by atoms with Crippen LogP contribution < -0.4 is 0 Å². The Balaban J connectivity index is 0.905. The van der Waals surface area contributed by atoms with E-state index in [1.165, 1.54) is 12.5 Å². The van der Waals surface area contributed by atoms with Crippen LogP contribution >= 0.6 is 0 Å². The number of hydrogen-bond acceptors (Lipinski definition) is 18. The van der Waals surface area contributed by atoms with Crippen molar-refractivity contribution >= 4 is 0 Å². The standard InChI is InChI=1S/C45H72O18/c1-18-12-29(47)45(57-16-18)19(2)30-26(63-45)14-25-23-7-6-21-13-22(8-10-43(21,4)24(23)9-11-44(25,30)5)59-42-39(62-41-38(55)34(51)31(48)20(3)58-41)36(53)33(50)28(61-42)17-56-40-37(54)35(52)32(49)27(15-46)60-40/h6,18-20,22-42,46-55H,7-17H2,1-5H3/t18-,19+,20+,22+,23-,24+,25-,26+,27-,28-,29-,30+,31+,32-,33-,34-,35+,36+,37-,38-,39-,40-,41+,42-,43+,44+,45+/m1/s1. The predicted octanol–water partition coefficient (Wildman–Crippen LogP) is -0.815. The quantitative estimate of drug-likeness (QED) is 0.133. The summed E-state index contributed by atoms with van der Waals surface area (Å²) in [6.45, 7) is 10.1. The number of aliphatic hydroxyl groups is 10. The van der Waals surface area contributed by atoms with Crippen molar-refractivity contribution in [2.24, 2.45) is 46.3 Å². The van der Waals surface area contributed by atoms with Gasteiger partial charge in [0.1, 0.15) is 73.2 Å². The topological polar surface area (TPSA) is 276 Å². The fourth-order valence-electron chi connectivity index (χ4n) is 14.1. The van der Waals surface area contributed by atoms with Crippen LogP contribution in [0.1, 0.15) is 86.0 Å². The molecule has 9 rings (SSSR count). The third kappa shape index (κ3) is 7.71. The number of allylic oxidation sites excluding steroid dienone is 1. The third-order valence-corrected chi connectivity index (χ3v) is 17.7. The zero-order valence-electron chi connectivity index (χ0n) is 37.0. The highest BCUT2D eigenvalue weighted by atomic mass is 16.8. The minimum absolute atomic E-state index is 0.0433. The number of rotatable bonds is 8. The summed E-state index contributed by atoms with van der Waals surface area (Å²) in [6.07, 6.45) is -14.4. The molecule has 18 heteroatoms. The second kappa shape index (κ2) is 17.5. The maximum Gasteiger partial charge on any atom is 0.197 e. The van der Waals surface area contributed by atoms with Gasteiger partial charge in [0, 0.05) is 5.92 Å². The van der Waals surface area contributed by atoms with E-state index in [4.69, 9.17) is 37.9 Å². The number of aliphatic hydroxyl groups excluding tert-OH is 10. The minimum Gasteiger partial charge on any atom is -0.394 e. The largest absolute Gasteiger partial charge is 0.394 e. The van der Waals surface area contributed by atoms with Gasteiger partial charge >= 0.3 is 0 Å². The molecule has 9 aliphatic rings. The Kier molecular flexibility index (Phi) is 13.1. The molecule has 360 valence electrons. The first-order valence-corrected chi connectivity index (χ1v) is 23.5. The lowest BCUT2D eigenvalue weighted by Crippen LogP contribution is -2.65. The molecule has 0 amide bonds. The van der Waals surface area contributed by atoms with Crippen molar-refractivity contribution in [3.63, 3.8) is 0 Å². The number of ether oxygens (including phenoxy) is 8. The maximum atomic E-state index is 11.6. The Morgan fingerprint density at radius 1 is 0.714 bits per heavy atom. The van der Waals surface area contributed by atoms with E-state index in [0.29, 0.717) is 55.5 Å². The normalized spacial score (nSPS) is 58.1. The molecular weight excluding hydrogens is 828 g/mol. The van der Waals surface area contributed by atoms with Crippen molar-refractivity contribution < 1.29 is 89.0 Å². The molecule has 0 bridgehead atoms. The minimum atomic E-state index is -1.72. The van der Waals surface area contributed by atoms with Gasteiger partial charge in [-0.15, -0.1) is 0 Å². The Labute approximate surface area is 368 Å². The lowest BCUT2D eigenvalue weighted by molar-refractivity contribution is -0.375. The van der Waals surface area contributed by atoms with E-state index in [0.717, 1.165) is 32.1 Å². The lowest BCUT2D eigenvalue weighted by Gasteiger charge is -2.59. The van der Waals surface area contributed by atoms with Gasteiger partial charge in [-0.25, -0.2) is 0 Å². The highest BCUT2D eigenvalue weighted by Gasteiger charge is 2.70. The van der Waals surface area contributed by atoms with Crippen LogP contribution in [0, 0.1) is 46.3 Å². The molecule has 5 aliphatic heterocycles. The van der Waals surface area contributed by atoms with Crippen LogP contribution in [0.25, 0.3) is 0 Å². The first-order valence-electron chi connectivity index (χ1n) is 23.5. The summed E-state index contributed by atoms with van der Waals surface area (Å²) in [6, 6.07) is 0. The van der Waals surface area contributed by atoms with Gasteiger partial charge in [0.05, 0.1) is 38.1 Å². The third-order valence-electron chi connectivity index (χ3n) is 17.7. The molecule has 0 radical (unpaired) electrons. The van der Waals surface area contributed by atoms with Gasteiger partial charge < -0.3 is 89.0 Å². The van der Waals surface area contributed by atoms with Gasteiger partial charge in [0.2, 0.25) is 0 Å². The molecule has 63 heavy (non-hydrogen) atoms. The van der Waals surface area contributed by atoms with Crippen LogP contribution in [-0.2, 0) is 37.9 Å². The van der Waals surface area contributed by atoms with Crippen LogP contribution in [0.2, 0.25) is 0 Å². The van der Waals surface area contributed by atoms with Gasteiger partial charge in [-0.1, -0.05) is 39.3 Å². The first kappa shape index (κ1) is 47.1. The lowest BCUT2D eigenvalue weighted by atomic mass is 9.47. The van der Waals surface area contributed by atoms with E-state index in [9.17, 15) is 51.1 Å². The van der Waals surface area contributed by atoms with E-state index >= 15 is 0 Å². The van der Waals surface area contributed by atoms with E-state index in [-0.39, 0.29) is 22.9 Å². The smallest absolute Gasteiger partial charge is 0.197 e. The van der Waals surface area contributed by atoms with E-state index < -0.39 is 123 Å². The SMILES string of the molecule is C[C@H]1CO[C@@]2(O[C@H]3C[C@@H]4[C@@H]5CC=C6C[C@@H](O[C@@H]7O[C@H](CO[C@@H]8O[C@H](CO)[C@@H](O)[C@H](O)[C@H]8O)[C@@H](O)[C@H](O)[C@H]7O[C@@H]7O[C@@H](C)[C@H](O)[C@@H](O)[C@H]7O)CC[C@]6(C)[C@H]5CC[C@]4(C)[C@H]3[C@@H]2C)[C@H](O)C1. The van der Waals surface area contributed by atoms with Crippen LogP contribution in [0.3, 0.4) is 0 Å². The first-order chi connectivity index (χ1) is 29.8. The van der Waals surface area contributed by atoms with E-state index in [1.54, 1.807) is 0 Å². The molecule has 8 fully saturated rings. The summed E-state index contributed by atoms with van der Waals surface area (Å²) in [5, 5.41) is 107. The average Bonchev–Trinajstić information content (AvgIpc) is 3.71. The van der Waals surface area contributed by atoms with Gasteiger partial charge in [-0.2, -0.15) is 0 Å². The highest BCUT2D eigenvalue weighted by molar-refractivity contribution is 5.26. The maximum absolute atomic E-state index is 11.6. The van der Waals surface area contributed by atoms with Crippen molar-refractivity contribution in [1.29, 1.82) is 0 Å². The summed E-state index contributed by atoms with van der Waals surface area (Å²) in [4.78, 5) is 0. The Morgan fingerprint density at radius 3 is 2.14 bits per heavy atom. The molecule has 0 unspecified atom stereocenters. The van der Waals surface area contributed by atoms with Gasteiger partial charge in [0.25, 0.3) is 0 Å². The fourth-order valence-corrected chi connectivity index (χ4v) is 14.1. The summed E-state index contributed by atoms with van der Waals surface area (Å²) in [7, 11) is 0. The van der Waals surface area contributed by atoms with Crippen LogP contribution in [0.5, 0.6) is 0 Å².